The molecule has 0 saturated heterocycles. The molecule has 76 valence electrons. The van der Waals surface area contributed by atoms with E-state index in [4.69, 9.17) is 4.18 Å². The first-order valence-corrected chi connectivity index (χ1v) is 5.34. The summed E-state index contributed by atoms with van der Waals surface area (Å²) in [5.41, 5.74) is 0. The molecule has 0 heterocycles. The quantitative estimate of drug-likeness (QED) is 0.722. The summed E-state index contributed by atoms with van der Waals surface area (Å²) in [6.07, 6.45) is 0. The van der Waals surface area contributed by atoms with E-state index < -0.39 is 0 Å². The lowest BCUT2D eigenvalue weighted by molar-refractivity contribution is -0.130. The molecule has 0 spiro atoms. The summed E-state index contributed by atoms with van der Waals surface area (Å²) in [6.45, 7) is 1.40. The van der Waals surface area contributed by atoms with Crippen LogP contribution in [0, 0.1) is 0 Å². The van der Waals surface area contributed by atoms with Crippen molar-refractivity contribution in [2.45, 2.75) is 11.8 Å². The zero-order chi connectivity index (χ0) is 10.7. The lowest BCUT2D eigenvalue weighted by Crippen LogP contribution is -1.88. The van der Waals surface area contributed by atoms with Gasteiger partial charge in [0.1, 0.15) is 0 Å². The highest BCUT2D eigenvalue weighted by Gasteiger charge is 1.99. The molecule has 2 aromatic carbocycles. The Bertz CT molecular complexity index is 494. The molecule has 0 unspecified atom stereocenters. The molecule has 3 heteroatoms. The van der Waals surface area contributed by atoms with Crippen molar-refractivity contribution in [1.29, 1.82) is 0 Å². The number of hydrogen-bond donors (Lipinski definition) is 0. The fourth-order valence-corrected chi connectivity index (χ4v) is 1.84. The summed E-state index contributed by atoms with van der Waals surface area (Å²) in [4.78, 5) is 11.6. The minimum Gasteiger partial charge on any atom is -0.386 e. The molecule has 2 nitrogen and oxygen atoms in total. The standard InChI is InChI=1S/C12H10O2S/c1-9(13)14-15-12-7-6-10-4-2-3-5-11(10)8-12/h2-8H,1H3. The van der Waals surface area contributed by atoms with Gasteiger partial charge in [-0.15, -0.1) is 0 Å². The highest BCUT2D eigenvalue weighted by molar-refractivity contribution is 7.95. The molecule has 0 radical (unpaired) electrons. The molecule has 0 amide bonds. The van der Waals surface area contributed by atoms with Crippen LogP contribution in [0.1, 0.15) is 6.92 Å². The van der Waals surface area contributed by atoms with E-state index in [9.17, 15) is 4.79 Å². The first kappa shape index (κ1) is 10.1. The van der Waals surface area contributed by atoms with Crippen LogP contribution in [0.4, 0.5) is 0 Å². The second-order valence-corrected chi connectivity index (χ2v) is 3.97. The lowest BCUT2D eigenvalue weighted by Gasteiger charge is -2.01. The van der Waals surface area contributed by atoms with E-state index in [0.29, 0.717) is 0 Å². The summed E-state index contributed by atoms with van der Waals surface area (Å²) in [6, 6.07) is 14.0. The van der Waals surface area contributed by atoms with E-state index in [2.05, 4.69) is 6.07 Å². The molecule has 0 bridgehead atoms. The van der Waals surface area contributed by atoms with Crippen molar-refractivity contribution in [3.05, 3.63) is 42.5 Å². The topological polar surface area (TPSA) is 26.3 Å². The van der Waals surface area contributed by atoms with Crippen LogP contribution in [-0.4, -0.2) is 5.97 Å². The van der Waals surface area contributed by atoms with Crippen LogP contribution in [0.25, 0.3) is 10.8 Å². The molecule has 0 N–H and O–H groups in total. The van der Waals surface area contributed by atoms with Crippen LogP contribution >= 0.6 is 12.0 Å². The minimum atomic E-state index is -0.284. The number of carbonyl (C=O) groups excluding carboxylic acids is 1. The third-order valence-electron chi connectivity index (χ3n) is 1.98. The van der Waals surface area contributed by atoms with Crippen molar-refractivity contribution >= 4 is 28.8 Å². The van der Waals surface area contributed by atoms with Crippen LogP contribution in [0.5, 0.6) is 0 Å². The summed E-state index contributed by atoms with van der Waals surface area (Å²) < 4.78 is 4.85. The summed E-state index contributed by atoms with van der Waals surface area (Å²) >= 11 is 1.09. The number of hydrogen-bond acceptors (Lipinski definition) is 3. The number of fused-ring (bicyclic) bond motifs is 1. The normalized spacial score (nSPS) is 10.2. The molecule has 0 fully saturated rings. The van der Waals surface area contributed by atoms with Crippen LogP contribution in [0.3, 0.4) is 0 Å². The molecular formula is C12H10O2S. The van der Waals surface area contributed by atoms with Crippen molar-refractivity contribution < 1.29 is 8.98 Å². The van der Waals surface area contributed by atoms with E-state index >= 15 is 0 Å². The van der Waals surface area contributed by atoms with Gasteiger partial charge in [-0.05, 0) is 22.9 Å². The summed E-state index contributed by atoms with van der Waals surface area (Å²) in [5.74, 6) is -0.284. The van der Waals surface area contributed by atoms with E-state index in [1.165, 1.54) is 12.3 Å². The van der Waals surface area contributed by atoms with Crippen LogP contribution < -0.4 is 0 Å². The van der Waals surface area contributed by atoms with Gasteiger partial charge in [0, 0.05) is 11.8 Å². The van der Waals surface area contributed by atoms with Gasteiger partial charge in [0.05, 0.1) is 12.0 Å². The van der Waals surface area contributed by atoms with E-state index in [0.717, 1.165) is 22.3 Å². The first-order valence-electron chi connectivity index (χ1n) is 4.59. The van der Waals surface area contributed by atoms with Crippen LogP contribution in [-0.2, 0) is 8.98 Å². The Kier molecular flexibility index (Phi) is 2.92. The molecule has 2 rings (SSSR count). The predicted molar refractivity (Wildman–Crippen MR) is 61.6 cm³/mol. The second-order valence-electron chi connectivity index (χ2n) is 3.17. The van der Waals surface area contributed by atoms with Gasteiger partial charge in [-0.2, -0.15) is 0 Å². The molecular weight excluding hydrogens is 208 g/mol. The average molecular weight is 218 g/mol. The maximum atomic E-state index is 10.6. The Morgan fingerprint density at radius 3 is 2.60 bits per heavy atom. The zero-order valence-electron chi connectivity index (χ0n) is 8.27. The Morgan fingerprint density at radius 2 is 1.87 bits per heavy atom. The molecule has 0 aliphatic carbocycles. The van der Waals surface area contributed by atoms with Crippen LogP contribution in [0.15, 0.2) is 47.4 Å². The smallest absolute Gasteiger partial charge is 0.315 e. The molecule has 2 aromatic rings. The SMILES string of the molecule is CC(=O)OSc1ccc2ccccc2c1. The van der Waals surface area contributed by atoms with Crippen LogP contribution in [0.2, 0.25) is 0 Å². The number of rotatable bonds is 2. The Hall–Kier alpha value is -1.48. The zero-order valence-corrected chi connectivity index (χ0v) is 9.08. The highest BCUT2D eigenvalue weighted by Crippen LogP contribution is 2.24. The van der Waals surface area contributed by atoms with Crippen molar-refractivity contribution in [2.24, 2.45) is 0 Å². The Balaban J connectivity index is 2.26. The Labute approximate surface area is 92.5 Å². The van der Waals surface area contributed by atoms with E-state index in [1.54, 1.807) is 0 Å². The van der Waals surface area contributed by atoms with Crippen molar-refractivity contribution in [2.75, 3.05) is 0 Å². The van der Waals surface area contributed by atoms with Gasteiger partial charge in [-0.25, -0.2) is 0 Å². The molecule has 0 aliphatic heterocycles. The number of benzene rings is 2. The fourth-order valence-electron chi connectivity index (χ4n) is 1.33. The summed E-state index contributed by atoms with van der Waals surface area (Å²) in [5, 5.41) is 2.33. The maximum absolute atomic E-state index is 10.6. The van der Waals surface area contributed by atoms with E-state index in [-0.39, 0.29) is 5.97 Å². The second kappa shape index (κ2) is 4.36. The molecule has 15 heavy (non-hydrogen) atoms. The molecule has 0 saturated carbocycles. The first-order chi connectivity index (χ1) is 7.25. The molecule has 0 aliphatic rings. The largest absolute Gasteiger partial charge is 0.386 e. The van der Waals surface area contributed by atoms with Gasteiger partial charge in [0.15, 0.2) is 0 Å². The van der Waals surface area contributed by atoms with Gasteiger partial charge in [-0.1, -0.05) is 30.3 Å². The van der Waals surface area contributed by atoms with Gasteiger partial charge in [0.25, 0.3) is 0 Å². The maximum Gasteiger partial charge on any atom is 0.315 e. The third-order valence-corrected chi connectivity index (χ3v) is 2.74. The Morgan fingerprint density at radius 1 is 1.13 bits per heavy atom. The van der Waals surface area contributed by atoms with Gasteiger partial charge in [-0.3, -0.25) is 4.79 Å². The van der Waals surface area contributed by atoms with Gasteiger partial charge in [0.2, 0.25) is 0 Å². The van der Waals surface area contributed by atoms with Gasteiger partial charge >= 0.3 is 5.97 Å². The minimum absolute atomic E-state index is 0.284. The van der Waals surface area contributed by atoms with Gasteiger partial charge < -0.3 is 4.18 Å². The highest BCUT2D eigenvalue weighted by atomic mass is 32.2. The fraction of sp³-hybridized carbons (Fsp3) is 0.0833. The van der Waals surface area contributed by atoms with Crippen molar-refractivity contribution in [3.8, 4) is 0 Å². The van der Waals surface area contributed by atoms with Crippen molar-refractivity contribution in [1.82, 2.24) is 0 Å². The lowest BCUT2D eigenvalue weighted by atomic mass is 10.1. The molecule has 0 aromatic heterocycles. The predicted octanol–water partition coefficient (Wildman–Crippen LogP) is 3.41. The molecule has 0 atom stereocenters. The van der Waals surface area contributed by atoms with Crippen molar-refractivity contribution in [3.63, 3.8) is 0 Å². The average Bonchev–Trinajstić information content (AvgIpc) is 2.26. The summed E-state index contributed by atoms with van der Waals surface area (Å²) in [7, 11) is 0. The van der Waals surface area contributed by atoms with E-state index in [1.807, 2.05) is 36.4 Å². The number of carbonyl (C=O) groups is 1. The third kappa shape index (κ3) is 2.50. The monoisotopic (exact) mass is 218 g/mol.